The van der Waals surface area contributed by atoms with Gasteiger partial charge in [-0.25, -0.2) is 4.39 Å². The summed E-state index contributed by atoms with van der Waals surface area (Å²) in [5.74, 6) is 0.319. The lowest BCUT2D eigenvalue weighted by Gasteiger charge is -2.14. The number of hydrogen-bond donors (Lipinski definition) is 0. The highest BCUT2D eigenvalue weighted by molar-refractivity contribution is 6.10. The molecule has 24 heavy (non-hydrogen) atoms. The fourth-order valence-electron chi connectivity index (χ4n) is 3.87. The maximum absolute atomic E-state index is 13.4. The minimum Gasteiger partial charge on any atom is -0.207 e. The van der Waals surface area contributed by atoms with E-state index in [1.807, 2.05) is 12.1 Å². The largest absolute Gasteiger partial charge is 0.207 e. The van der Waals surface area contributed by atoms with Gasteiger partial charge in [0.05, 0.1) is 0 Å². The van der Waals surface area contributed by atoms with Gasteiger partial charge >= 0.3 is 0 Å². The summed E-state index contributed by atoms with van der Waals surface area (Å²) in [5, 5.41) is 0. The SMILES string of the molecule is CCCCC1C(C)=C(c2ccccc2)C(c2ccc(F)cc2)=C1C. The van der Waals surface area contributed by atoms with Crippen molar-refractivity contribution in [2.45, 2.75) is 40.0 Å². The zero-order chi connectivity index (χ0) is 17.1. The van der Waals surface area contributed by atoms with Gasteiger partial charge in [-0.2, -0.15) is 0 Å². The molecule has 1 atom stereocenters. The molecule has 0 aromatic heterocycles. The minimum atomic E-state index is -0.181. The number of hydrogen-bond acceptors (Lipinski definition) is 0. The van der Waals surface area contributed by atoms with Crippen LogP contribution in [0.2, 0.25) is 0 Å². The number of halogens is 1. The van der Waals surface area contributed by atoms with E-state index in [9.17, 15) is 4.39 Å². The van der Waals surface area contributed by atoms with Gasteiger partial charge in [-0.05, 0) is 54.7 Å². The molecule has 1 unspecified atom stereocenters. The molecule has 3 rings (SSSR count). The van der Waals surface area contributed by atoms with Crippen molar-refractivity contribution < 1.29 is 4.39 Å². The molecule has 0 saturated heterocycles. The molecule has 0 heterocycles. The topological polar surface area (TPSA) is 0 Å². The van der Waals surface area contributed by atoms with Crippen LogP contribution in [0.15, 0.2) is 65.7 Å². The van der Waals surface area contributed by atoms with Crippen LogP contribution in [0.4, 0.5) is 4.39 Å². The summed E-state index contributed by atoms with van der Waals surface area (Å²) in [6, 6.07) is 17.5. The molecule has 0 amide bonds. The highest BCUT2D eigenvalue weighted by Gasteiger charge is 2.29. The van der Waals surface area contributed by atoms with Gasteiger partial charge in [0.2, 0.25) is 0 Å². The van der Waals surface area contributed by atoms with Crippen molar-refractivity contribution in [2.75, 3.05) is 0 Å². The van der Waals surface area contributed by atoms with E-state index in [1.165, 1.54) is 47.1 Å². The molecule has 0 bridgehead atoms. The van der Waals surface area contributed by atoms with E-state index < -0.39 is 0 Å². The lowest BCUT2D eigenvalue weighted by molar-refractivity contribution is 0.602. The Bertz CT molecular complexity index is 763. The molecule has 1 aliphatic rings. The first-order chi connectivity index (χ1) is 11.6. The maximum atomic E-state index is 13.4. The lowest BCUT2D eigenvalue weighted by atomic mass is 9.91. The molecule has 2 aromatic carbocycles. The highest BCUT2D eigenvalue weighted by atomic mass is 19.1. The van der Waals surface area contributed by atoms with E-state index in [2.05, 4.69) is 51.1 Å². The second-order valence-electron chi connectivity index (χ2n) is 6.68. The van der Waals surface area contributed by atoms with Gasteiger partial charge in [0.1, 0.15) is 5.82 Å². The maximum Gasteiger partial charge on any atom is 0.123 e. The third kappa shape index (κ3) is 3.08. The second-order valence-corrected chi connectivity index (χ2v) is 6.68. The molecule has 2 aromatic rings. The van der Waals surface area contributed by atoms with E-state index >= 15 is 0 Å². The average Bonchev–Trinajstić information content (AvgIpc) is 2.85. The van der Waals surface area contributed by atoms with Crippen LogP contribution in [0.3, 0.4) is 0 Å². The van der Waals surface area contributed by atoms with Crippen molar-refractivity contribution in [3.05, 3.63) is 82.7 Å². The standard InChI is InChI=1S/C23H25F/c1-4-5-11-21-16(2)22(18-9-7-6-8-10-18)23(17(21)3)19-12-14-20(24)15-13-19/h6-10,12-15,21H,4-5,11H2,1-3H3. The summed E-state index contributed by atoms with van der Waals surface area (Å²) < 4.78 is 13.4. The third-order valence-electron chi connectivity index (χ3n) is 5.13. The van der Waals surface area contributed by atoms with Crippen LogP contribution in [0.25, 0.3) is 11.1 Å². The summed E-state index contributed by atoms with van der Waals surface area (Å²) in [5.41, 5.74) is 7.87. The average molecular weight is 320 g/mol. The van der Waals surface area contributed by atoms with Crippen LogP contribution in [-0.2, 0) is 0 Å². The predicted molar refractivity (Wildman–Crippen MR) is 101 cm³/mol. The van der Waals surface area contributed by atoms with Crippen LogP contribution >= 0.6 is 0 Å². The molecule has 1 aliphatic carbocycles. The highest BCUT2D eigenvalue weighted by Crippen LogP contribution is 2.48. The quantitative estimate of drug-likeness (QED) is 0.562. The van der Waals surface area contributed by atoms with Crippen molar-refractivity contribution in [3.63, 3.8) is 0 Å². The first-order valence-electron chi connectivity index (χ1n) is 8.86. The number of allylic oxidation sites excluding steroid dienone is 4. The van der Waals surface area contributed by atoms with Crippen molar-refractivity contribution in [1.29, 1.82) is 0 Å². The molecule has 0 N–H and O–H groups in total. The van der Waals surface area contributed by atoms with Crippen LogP contribution in [-0.4, -0.2) is 0 Å². The van der Waals surface area contributed by atoms with Gasteiger partial charge in [-0.3, -0.25) is 0 Å². The van der Waals surface area contributed by atoms with E-state index in [1.54, 1.807) is 12.1 Å². The number of benzene rings is 2. The molecular formula is C23H25F. The molecule has 1 heteroatoms. The smallest absolute Gasteiger partial charge is 0.123 e. The Balaban J connectivity index is 2.13. The van der Waals surface area contributed by atoms with Gasteiger partial charge in [0.25, 0.3) is 0 Å². The van der Waals surface area contributed by atoms with E-state index in [0.29, 0.717) is 5.92 Å². The molecule has 124 valence electrons. The Morgan fingerprint density at radius 3 is 1.88 bits per heavy atom. The summed E-state index contributed by atoms with van der Waals surface area (Å²) in [6.45, 7) is 6.76. The second kappa shape index (κ2) is 7.17. The Morgan fingerprint density at radius 1 is 0.792 bits per heavy atom. The fourth-order valence-corrected chi connectivity index (χ4v) is 3.87. The van der Waals surface area contributed by atoms with Gasteiger partial charge in [-0.15, -0.1) is 0 Å². The van der Waals surface area contributed by atoms with Gasteiger partial charge in [-0.1, -0.05) is 73.4 Å². The van der Waals surface area contributed by atoms with Gasteiger partial charge in [0, 0.05) is 5.92 Å². The Morgan fingerprint density at radius 2 is 1.33 bits per heavy atom. The summed E-state index contributed by atoms with van der Waals surface area (Å²) in [7, 11) is 0. The van der Waals surface area contributed by atoms with Crippen LogP contribution in [0.5, 0.6) is 0 Å². The zero-order valence-corrected chi connectivity index (χ0v) is 14.8. The lowest BCUT2D eigenvalue weighted by Crippen LogP contribution is -2.00. The monoisotopic (exact) mass is 320 g/mol. The van der Waals surface area contributed by atoms with E-state index in [-0.39, 0.29) is 5.82 Å². The van der Waals surface area contributed by atoms with Crippen molar-refractivity contribution in [2.24, 2.45) is 5.92 Å². The zero-order valence-electron chi connectivity index (χ0n) is 14.8. The molecule has 0 radical (unpaired) electrons. The molecule has 0 saturated carbocycles. The summed E-state index contributed by atoms with van der Waals surface area (Å²) in [4.78, 5) is 0. The Kier molecular flexibility index (Phi) is 4.99. The molecule has 0 fully saturated rings. The summed E-state index contributed by atoms with van der Waals surface area (Å²) in [6.07, 6.45) is 3.64. The van der Waals surface area contributed by atoms with Crippen LogP contribution < -0.4 is 0 Å². The summed E-state index contributed by atoms with van der Waals surface area (Å²) >= 11 is 0. The number of rotatable bonds is 5. The Labute approximate surface area is 144 Å². The van der Waals surface area contributed by atoms with E-state index in [4.69, 9.17) is 0 Å². The van der Waals surface area contributed by atoms with Gasteiger partial charge < -0.3 is 0 Å². The van der Waals surface area contributed by atoms with Crippen molar-refractivity contribution >= 4 is 11.1 Å². The molecule has 0 aliphatic heterocycles. The number of unbranched alkanes of at least 4 members (excludes halogenated alkanes) is 1. The molecular weight excluding hydrogens is 295 g/mol. The first-order valence-corrected chi connectivity index (χ1v) is 8.86. The minimum absolute atomic E-state index is 0.181. The fraction of sp³-hybridized carbons (Fsp3) is 0.304. The normalized spacial score (nSPS) is 17.8. The third-order valence-corrected chi connectivity index (χ3v) is 5.13. The van der Waals surface area contributed by atoms with E-state index in [0.717, 1.165) is 5.56 Å². The Hall–Kier alpha value is -2.15. The predicted octanol–water partition coefficient (Wildman–Crippen LogP) is 6.89. The van der Waals surface area contributed by atoms with Gasteiger partial charge in [0.15, 0.2) is 0 Å². The van der Waals surface area contributed by atoms with Crippen LogP contribution in [0.1, 0.15) is 51.2 Å². The first kappa shape index (κ1) is 16.7. The molecule has 0 nitrogen and oxygen atoms in total. The van der Waals surface area contributed by atoms with Crippen LogP contribution in [0, 0.1) is 11.7 Å². The van der Waals surface area contributed by atoms with Crippen molar-refractivity contribution in [3.8, 4) is 0 Å². The van der Waals surface area contributed by atoms with Crippen molar-refractivity contribution in [1.82, 2.24) is 0 Å². The molecule has 0 spiro atoms.